The SMILES string of the molecule is CC(C)c1ccc(OCc2ccc(/C=C/C(=O)c3ccc(O)cc3)o2)cc1. The van der Waals surface area contributed by atoms with Gasteiger partial charge in [-0.3, -0.25) is 4.79 Å². The molecular weight excluding hydrogens is 340 g/mol. The third-order valence-corrected chi connectivity index (χ3v) is 4.16. The summed E-state index contributed by atoms with van der Waals surface area (Å²) < 4.78 is 11.4. The number of benzene rings is 2. The Balaban J connectivity index is 1.56. The Kier molecular flexibility index (Phi) is 5.77. The van der Waals surface area contributed by atoms with E-state index in [1.54, 1.807) is 24.3 Å². The van der Waals surface area contributed by atoms with Crippen molar-refractivity contribution < 1.29 is 19.1 Å². The van der Waals surface area contributed by atoms with Crippen molar-refractivity contribution in [1.29, 1.82) is 0 Å². The van der Waals surface area contributed by atoms with Crippen molar-refractivity contribution in [3.05, 3.63) is 89.4 Å². The van der Waals surface area contributed by atoms with Gasteiger partial charge in [-0.15, -0.1) is 0 Å². The Morgan fingerprint density at radius 2 is 1.74 bits per heavy atom. The summed E-state index contributed by atoms with van der Waals surface area (Å²) in [6.45, 7) is 4.63. The molecule has 0 fully saturated rings. The number of furan rings is 1. The van der Waals surface area contributed by atoms with E-state index < -0.39 is 0 Å². The van der Waals surface area contributed by atoms with E-state index in [1.807, 2.05) is 18.2 Å². The number of allylic oxidation sites excluding steroid dienone is 1. The minimum absolute atomic E-state index is 0.130. The largest absolute Gasteiger partial charge is 0.508 e. The van der Waals surface area contributed by atoms with Gasteiger partial charge in [-0.2, -0.15) is 0 Å². The number of hydrogen-bond donors (Lipinski definition) is 1. The van der Waals surface area contributed by atoms with E-state index in [9.17, 15) is 9.90 Å². The summed E-state index contributed by atoms with van der Waals surface area (Å²) >= 11 is 0. The Labute approximate surface area is 158 Å². The molecule has 4 heteroatoms. The fourth-order valence-electron chi connectivity index (χ4n) is 2.54. The van der Waals surface area contributed by atoms with Crippen LogP contribution in [0.15, 0.2) is 71.2 Å². The van der Waals surface area contributed by atoms with Crippen LogP contribution < -0.4 is 4.74 Å². The van der Waals surface area contributed by atoms with Gasteiger partial charge in [0, 0.05) is 5.56 Å². The number of phenols is 1. The van der Waals surface area contributed by atoms with Crippen LogP contribution in [0.4, 0.5) is 0 Å². The molecule has 138 valence electrons. The molecule has 0 saturated carbocycles. The second-order valence-corrected chi connectivity index (χ2v) is 6.56. The standard InChI is InChI=1S/C23H22O4/c1-16(2)17-5-9-20(10-6-17)26-15-22-12-11-21(27-22)13-14-23(25)18-3-7-19(24)8-4-18/h3-14,16,24H,15H2,1-2H3/b14-13+. The van der Waals surface area contributed by atoms with Crippen LogP contribution in [-0.2, 0) is 6.61 Å². The molecule has 3 rings (SSSR count). The highest BCUT2D eigenvalue weighted by Crippen LogP contribution is 2.20. The summed E-state index contributed by atoms with van der Waals surface area (Å²) in [6.07, 6.45) is 3.07. The highest BCUT2D eigenvalue weighted by Gasteiger charge is 2.05. The second-order valence-electron chi connectivity index (χ2n) is 6.56. The molecule has 0 saturated heterocycles. The molecule has 0 spiro atoms. The predicted octanol–water partition coefficient (Wildman–Crippen LogP) is 5.58. The van der Waals surface area contributed by atoms with Crippen molar-refractivity contribution in [2.24, 2.45) is 0 Å². The van der Waals surface area contributed by atoms with Crippen LogP contribution in [0.1, 0.15) is 47.2 Å². The van der Waals surface area contributed by atoms with E-state index in [2.05, 4.69) is 26.0 Å². The van der Waals surface area contributed by atoms with Crippen molar-refractivity contribution >= 4 is 11.9 Å². The Bertz CT molecular complexity index is 916. The molecule has 0 atom stereocenters. The molecule has 1 N–H and O–H groups in total. The average Bonchev–Trinajstić information content (AvgIpc) is 3.13. The molecule has 0 amide bonds. The zero-order valence-electron chi connectivity index (χ0n) is 15.4. The maximum absolute atomic E-state index is 12.1. The normalized spacial score (nSPS) is 11.2. The molecule has 0 aliphatic rings. The van der Waals surface area contributed by atoms with Crippen LogP contribution in [0.2, 0.25) is 0 Å². The summed E-state index contributed by atoms with van der Waals surface area (Å²) in [7, 11) is 0. The minimum Gasteiger partial charge on any atom is -0.508 e. The molecule has 1 heterocycles. The number of carbonyl (C=O) groups excluding carboxylic acids is 1. The highest BCUT2D eigenvalue weighted by molar-refractivity contribution is 6.06. The van der Waals surface area contributed by atoms with Crippen LogP contribution in [0.25, 0.3) is 6.08 Å². The smallest absolute Gasteiger partial charge is 0.185 e. The lowest BCUT2D eigenvalue weighted by molar-refractivity contribution is 0.104. The van der Waals surface area contributed by atoms with Gasteiger partial charge < -0.3 is 14.3 Å². The van der Waals surface area contributed by atoms with Gasteiger partial charge in [0.25, 0.3) is 0 Å². The van der Waals surface area contributed by atoms with E-state index in [1.165, 1.54) is 23.8 Å². The number of aromatic hydroxyl groups is 1. The van der Waals surface area contributed by atoms with Gasteiger partial charge in [0.1, 0.15) is 29.6 Å². The van der Waals surface area contributed by atoms with E-state index in [0.29, 0.717) is 29.6 Å². The molecule has 4 nitrogen and oxygen atoms in total. The minimum atomic E-state index is -0.158. The zero-order chi connectivity index (χ0) is 19.2. The van der Waals surface area contributed by atoms with Crippen LogP contribution in [0.5, 0.6) is 11.5 Å². The molecule has 0 aliphatic heterocycles. The average molecular weight is 362 g/mol. The van der Waals surface area contributed by atoms with Gasteiger partial charge in [0.2, 0.25) is 0 Å². The van der Waals surface area contributed by atoms with Crippen molar-refractivity contribution in [2.75, 3.05) is 0 Å². The quantitative estimate of drug-likeness (QED) is 0.440. The number of phenolic OH excluding ortho intramolecular Hbond substituents is 1. The van der Waals surface area contributed by atoms with Crippen LogP contribution in [-0.4, -0.2) is 10.9 Å². The Hall–Kier alpha value is -3.27. The summed E-state index contributed by atoms with van der Waals surface area (Å²) in [6, 6.07) is 17.8. The van der Waals surface area contributed by atoms with Crippen LogP contribution >= 0.6 is 0 Å². The molecule has 27 heavy (non-hydrogen) atoms. The van der Waals surface area contributed by atoms with Crippen LogP contribution in [0, 0.1) is 0 Å². The van der Waals surface area contributed by atoms with Crippen molar-refractivity contribution in [2.45, 2.75) is 26.4 Å². The first-order valence-corrected chi connectivity index (χ1v) is 8.84. The molecule has 0 aliphatic carbocycles. The zero-order valence-corrected chi connectivity index (χ0v) is 15.4. The lowest BCUT2D eigenvalue weighted by Crippen LogP contribution is -1.94. The summed E-state index contributed by atoms with van der Waals surface area (Å²) in [5.74, 6) is 2.51. The molecule has 0 radical (unpaired) electrons. The number of ketones is 1. The van der Waals surface area contributed by atoms with Crippen molar-refractivity contribution in [3.8, 4) is 11.5 Å². The second kappa shape index (κ2) is 8.41. The van der Waals surface area contributed by atoms with Gasteiger partial charge in [0.05, 0.1) is 0 Å². The topological polar surface area (TPSA) is 59.7 Å². The summed E-state index contributed by atoms with van der Waals surface area (Å²) in [4.78, 5) is 12.1. The Morgan fingerprint density at radius 1 is 1.04 bits per heavy atom. The van der Waals surface area contributed by atoms with Gasteiger partial charge in [-0.25, -0.2) is 0 Å². The van der Waals surface area contributed by atoms with Gasteiger partial charge in [-0.1, -0.05) is 26.0 Å². The molecule has 3 aromatic rings. The van der Waals surface area contributed by atoms with E-state index in [0.717, 1.165) is 5.75 Å². The van der Waals surface area contributed by atoms with Crippen LogP contribution in [0.3, 0.4) is 0 Å². The van der Waals surface area contributed by atoms with E-state index in [-0.39, 0.29) is 11.5 Å². The van der Waals surface area contributed by atoms with Crippen molar-refractivity contribution in [1.82, 2.24) is 0 Å². The first-order chi connectivity index (χ1) is 13.0. The monoisotopic (exact) mass is 362 g/mol. The number of rotatable bonds is 7. The molecule has 2 aromatic carbocycles. The fraction of sp³-hybridized carbons (Fsp3) is 0.174. The van der Waals surface area contributed by atoms with E-state index in [4.69, 9.17) is 9.15 Å². The van der Waals surface area contributed by atoms with Gasteiger partial charge >= 0.3 is 0 Å². The molecule has 0 bridgehead atoms. The van der Waals surface area contributed by atoms with Gasteiger partial charge in [-0.05, 0) is 72.2 Å². The highest BCUT2D eigenvalue weighted by atomic mass is 16.5. The Morgan fingerprint density at radius 3 is 2.41 bits per heavy atom. The number of ether oxygens (including phenoxy) is 1. The first-order valence-electron chi connectivity index (χ1n) is 8.84. The molecular formula is C23H22O4. The third-order valence-electron chi connectivity index (χ3n) is 4.16. The molecule has 0 unspecified atom stereocenters. The first kappa shape index (κ1) is 18.5. The predicted molar refractivity (Wildman–Crippen MR) is 105 cm³/mol. The van der Waals surface area contributed by atoms with Gasteiger partial charge in [0.15, 0.2) is 5.78 Å². The number of carbonyl (C=O) groups is 1. The third kappa shape index (κ3) is 5.11. The van der Waals surface area contributed by atoms with E-state index >= 15 is 0 Å². The summed E-state index contributed by atoms with van der Waals surface area (Å²) in [5.41, 5.74) is 1.77. The van der Waals surface area contributed by atoms with Crippen molar-refractivity contribution in [3.63, 3.8) is 0 Å². The fourth-order valence-corrected chi connectivity index (χ4v) is 2.54. The lowest BCUT2D eigenvalue weighted by atomic mass is 10.0. The summed E-state index contributed by atoms with van der Waals surface area (Å²) in [5, 5.41) is 9.26. The number of hydrogen-bond acceptors (Lipinski definition) is 4. The maximum Gasteiger partial charge on any atom is 0.185 e. The molecule has 1 aromatic heterocycles. The lowest BCUT2D eigenvalue weighted by Gasteiger charge is -2.07. The maximum atomic E-state index is 12.1.